The standard InChI is InChI=1S/C28H30N2O5/c1-28(2,20-29)30(27(33)22-15-13-21(14-16-22)24-11-8-18-35-24)19-23-9-5-6-10-25(23)34-17-7-3-4-12-26(31)32/h5-6,8-11,13-16,18H,3-4,7,12,17,19H2,1-2H3,(H,31,32)/i19D2. The second kappa shape index (κ2) is 11.9. The number of aliphatic carboxylic acids is 1. The Labute approximate surface area is 208 Å². The first-order chi connectivity index (χ1) is 17.6. The monoisotopic (exact) mass is 476 g/mol. The van der Waals surface area contributed by atoms with E-state index < -0.39 is 23.9 Å². The minimum Gasteiger partial charge on any atom is -0.493 e. The van der Waals surface area contributed by atoms with Crippen molar-refractivity contribution in [3.8, 4) is 23.1 Å². The highest BCUT2D eigenvalue weighted by atomic mass is 16.5. The van der Waals surface area contributed by atoms with Crippen molar-refractivity contribution in [2.45, 2.75) is 51.6 Å². The number of carbonyl (C=O) groups is 2. The molecule has 0 radical (unpaired) electrons. The van der Waals surface area contributed by atoms with Crippen molar-refractivity contribution in [3.63, 3.8) is 0 Å². The van der Waals surface area contributed by atoms with E-state index in [2.05, 4.69) is 6.07 Å². The van der Waals surface area contributed by atoms with Gasteiger partial charge in [-0.05, 0) is 63.4 Å². The number of carbonyl (C=O) groups excluding carboxylic acids is 1. The van der Waals surface area contributed by atoms with Gasteiger partial charge < -0.3 is 19.2 Å². The number of hydrogen-bond acceptors (Lipinski definition) is 5. The predicted molar refractivity (Wildman–Crippen MR) is 132 cm³/mol. The van der Waals surface area contributed by atoms with Crippen LogP contribution in [0.5, 0.6) is 5.75 Å². The number of furan rings is 1. The topological polar surface area (TPSA) is 104 Å². The molecule has 0 bridgehead atoms. The fourth-order valence-corrected chi connectivity index (χ4v) is 3.39. The molecule has 1 N–H and O–H groups in total. The van der Waals surface area contributed by atoms with E-state index >= 15 is 0 Å². The average Bonchev–Trinajstić information content (AvgIpc) is 3.41. The number of amides is 1. The molecule has 1 heterocycles. The molecule has 0 saturated carbocycles. The Kier molecular flexibility index (Phi) is 7.72. The highest BCUT2D eigenvalue weighted by Crippen LogP contribution is 2.27. The number of ether oxygens (including phenoxy) is 1. The summed E-state index contributed by atoms with van der Waals surface area (Å²) in [6.45, 7) is 0.851. The average molecular weight is 477 g/mol. The van der Waals surface area contributed by atoms with Crippen LogP contribution in [0.15, 0.2) is 71.3 Å². The summed E-state index contributed by atoms with van der Waals surface area (Å²) in [7, 11) is 0. The van der Waals surface area contributed by atoms with Gasteiger partial charge in [-0.25, -0.2) is 0 Å². The summed E-state index contributed by atoms with van der Waals surface area (Å²) < 4.78 is 29.3. The van der Waals surface area contributed by atoms with E-state index in [9.17, 15) is 14.9 Å². The summed E-state index contributed by atoms with van der Waals surface area (Å²) in [5, 5.41) is 18.6. The van der Waals surface area contributed by atoms with Crippen molar-refractivity contribution in [2.75, 3.05) is 6.61 Å². The van der Waals surface area contributed by atoms with Crippen LogP contribution < -0.4 is 4.74 Å². The number of nitriles is 1. The zero-order chi connectivity index (χ0) is 27.1. The van der Waals surface area contributed by atoms with Crippen LogP contribution in [0.2, 0.25) is 0 Å². The van der Waals surface area contributed by atoms with Gasteiger partial charge in [0.25, 0.3) is 5.91 Å². The number of benzene rings is 2. The SMILES string of the molecule is [2H]C([2H])(c1ccccc1OCCCCCC(=O)O)N(C(=O)c1ccc(-c2ccco2)cc1)C(C)(C)C#N. The minimum atomic E-state index is -2.39. The molecular formula is C28H30N2O5. The van der Waals surface area contributed by atoms with Gasteiger partial charge in [0.15, 0.2) is 0 Å². The maximum absolute atomic E-state index is 13.7. The van der Waals surface area contributed by atoms with Crippen molar-refractivity contribution in [1.82, 2.24) is 4.90 Å². The lowest BCUT2D eigenvalue weighted by Gasteiger charge is -2.34. The molecule has 3 rings (SSSR count). The first-order valence-corrected chi connectivity index (χ1v) is 11.4. The molecule has 7 heteroatoms. The van der Waals surface area contributed by atoms with E-state index in [1.54, 1.807) is 60.9 Å². The Morgan fingerprint density at radius 1 is 1.09 bits per heavy atom. The largest absolute Gasteiger partial charge is 0.493 e. The van der Waals surface area contributed by atoms with E-state index in [4.69, 9.17) is 17.0 Å². The van der Waals surface area contributed by atoms with Gasteiger partial charge in [-0.2, -0.15) is 5.26 Å². The Balaban J connectivity index is 1.87. The molecule has 7 nitrogen and oxygen atoms in total. The Bertz CT molecular complexity index is 1250. The smallest absolute Gasteiger partial charge is 0.303 e. The summed E-state index contributed by atoms with van der Waals surface area (Å²) in [4.78, 5) is 25.3. The van der Waals surface area contributed by atoms with Gasteiger partial charge in [-0.3, -0.25) is 9.59 Å². The summed E-state index contributed by atoms with van der Waals surface area (Å²) in [5.74, 6) is -0.603. The van der Waals surface area contributed by atoms with Gasteiger partial charge in [0, 0.05) is 23.1 Å². The number of nitrogens with zero attached hydrogens (tertiary/aromatic N) is 2. The number of para-hydroxylation sites is 1. The summed E-state index contributed by atoms with van der Waals surface area (Å²) >= 11 is 0. The highest BCUT2D eigenvalue weighted by Gasteiger charge is 2.32. The molecule has 0 aliphatic heterocycles. The summed E-state index contributed by atoms with van der Waals surface area (Å²) in [5.41, 5.74) is -0.397. The summed E-state index contributed by atoms with van der Waals surface area (Å²) in [6.07, 6.45) is 3.41. The first kappa shape index (κ1) is 22.7. The molecule has 1 amide bonds. The van der Waals surface area contributed by atoms with Crippen molar-refractivity contribution >= 4 is 11.9 Å². The fraction of sp³-hybridized carbons (Fsp3) is 0.321. The lowest BCUT2D eigenvalue weighted by molar-refractivity contribution is -0.137. The van der Waals surface area contributed by atoms with Crippen molar-refractivity contribution in [1.29, 1.82) is 5.26 Å². The molecule has 2 aromatic carbocycles. The third-order valence-electron chi connectivity index (χ3n) is 5.39. The maximum atomic E-state index is 13.7. The molecule has 182 valence electrons. The van der Waals surface area contributed by atoms with Gasteiger partial charge in [-0.15, -0.1) is 0 Å². The molecule has 0 saturated heterocycles. The van der Waals surface area contributed by atoms with Crippen molar-refractivity contribution < 1.29 is 26.6 Å². The second-order valence-corrected chi connectivity index (χ2v) is 8.53. The number of hydrogen-bond donors (Lipinski definition) is 1. The zero-order valence-corrected chi connectivity index (χ0v) is 19.9. The van der Waals surface area contributed by atoms with Gasteiger partial charge >= 0.3 is 5.97 Å². The molecule has 3 aromatic rings. The van der Waals surface area contributed by atoms with E-state index in [0.29, 0.717) is 25.0 Å². The minimum absolute atomic E-state index is 0.0853. The van der Waals surface area contributed by atoms with E-state index in [1.807, 2.05) is 0 Å². The summed E-state index contributed by atoms with van der Waals surface area (Å²) in [6, 6.07) is 18.7. The lowest BCUT2D eigenvalue weighted by atomic mass is 10.0. The van der Waals surface area contributed by atoms with Crippen LogP contribution in [0.4, 0.5) is 0 Å². The Morgan fingerprint density at radius 2 is 1.83 bits per heavy atom. The molecular weight excluding hydrogens is 444 g/mol. The van der Waals surface area contributed by atoms with Crippen LogP contribution >= 0.6 is 0 Å². The van der Waals surface area contributed by atoms with Crippen LogP contribution in [0, 0.1) is 11.3 Å². The third-order valence-corrected chi connectivity index (χ3v) is 5.39. The highest BCUT2D eigenvalue weighted by molar-refractivity contribution is 5.95. The van der Waals surface area contributed by atoms with Gasteiger partial charge in [0.1, 0.15) is 17.0 Å². The van der Waals surface area contributed by atoms with Gasteiger partial charge in [-0.1, -0.05) is 30.3 Å². The van der Waals surface area contributed by atoms with Crippen LogP contribution in [0.1, 0.15) is 58.2 Å². The molecule has 0 atom stereocenters. The number of unbranched alkanes of at least 4 members (excludes halogenated alkanes) is 2. The van der Waals surface area contributed by atoms with Crippen molar-refractivity contribution in [2.24, 2.45) is 0 Å². The molecule has 0 aliphatic carbocycles. The quantitative estimate of drug-likeness (QED) is 0.326. The van der Waals surface area contributed by atoms with Crippen LogP contribution in [0.25, 0.3) is 11.3 Å². The first-order valence-electron chi connectivity index (χ1n) is 12.4. The van der Waals surface area contributed by atoms with Gasteiger partial charge in [0.05, 0.1) is 28.2 Å². The fourth-order valence-electron chi connectivity index (χ4n) is 3.39. The van der Waals surface area contributed by atoms with E-state index in [0.717, 1.165) is 10.5 Å². The second-order valence-electron chi connectivity index (χ2n) is 8.53. The normalized spacial score (nSPS) is 12.3. The van der Waals surface area contributed by atoms with E-state index in [-0.39, 0.29) is 29.9 Å². The predicted octanol–water partition coefficient (Wildman–Crippen LogP) is 5.91. The Morgan fingerprint density at radius 3 is 2.49 bits per heavy atom. The molecule has 0 fully saturated rings. The number of rotatable bonds is 12. The van der Waals surface area contributed by atoms with Crippen molar-refractivity contribution in [3.05, 3.63) is 78.1 Å². The van der Waals surface area contributed by atoms with E-state index in [1.165, 1.54) is 19.9 Å². The van der Waals surface area contributed by atoms with Crippen LogP contribution in [-0.2, 0) is 11.3 Å². The lowest BCUT2D eigenvalue weighted by Crippen LogP contribution is -2.46. The third kappa shape index (κ3) is 6.97. The Hall–Kier alpha value is -4.05. The number of carboxylic acid groups (broad SMARTS) is 1. The molecule has 0 aliphatic rings. The molecule has 35 heavy (non-hydrogen) atoms. The van der Waals surface area contributed by atoms with Crippen LogP contribution in [0.3, 0.4) is 0 Å². The molecule has 0 spiro atoms. The van der Waals surface area contributed by atoms with Gasteiger partial charge in [0.2, 0.25) is 0 Å². The molecule has 0 unspecified atom stereocenters. The molecule has 1 aromatic heterocycles. The maximum Gasteiger partial charge on any atom is 0.303 e. The number of carboxylic acids is 1. The zero-order valence-electron chi connectivity index (χ0n) is 21.9. The van der Waals surface area contributed by atoms with Crippen LogP contribution in [-0.4, -0.2) is 34.0 Å².